The molecule has 0 aromatic heterocycles. The zero-order valence-corrected chi connectivity index (χ0v) is 11.7. The minimum atomic E-state index is -0.0546. The summed E-state index contributed by atoms with van der Waals surface area (Å²) in [6, 6.07) is 4.82. The number of hydrogen-bond donors (Lipinski definition) is 3. The molecule has 19 heavy (non-hydrogen) atoms. The van der Waals surface area contributed by atoms with Crippen molar-refractivity contribution in [3.8, 4) is 0 Å². The Balaban J connectivity index is 2.16. The van der Waals surface area contributed by atoms with Gasteiger partial charge in [0, 0.05) is 5.56 Å². The molecule has 2 rings (SSSR count). The molecule has 1 unspecified atom stereocenters. The van der Waals surface area contributed by atoms with Crippen LogP contribution < -0.4 is 11.1 Å². The van der Waals surface area contributed by atoms with Crippen LogP contribution in [-0.4, -0.2) is 28.0 Å². The molecule has 0 radical (unpaired) electrons. The maximum absolute atomic E-state index is 12.0. The SMILES string of the molecule is NC(=NO)c1ccc(Cl)c(NC(=O)C2CCCS2)c1. The standard InChI is InChI=1S/C12H14ClN3O2S/c13-8-4-3-7(11(14)16-18)6-9(8)15-12(17)10-2-1-5-19-10/h3-4,6,10,18H,1-2,5H2,(H2,14,16)(H,15,17). The van der Waals surface area contributed by atoms with Crippen LogP contribution in [0.15, 0.2) is 23.4 Å². The zero-order valence-electron chi connectivity index (χ0n) is 10.1. The van der Waals surface area contributed by atoms with E-state index in [-0.39, 0.29) is 17.0 Å². The molecule has 102 valence electrons. The average Bonchev–Trinajstić information content (AvgIpc) is 2.94. The highest BCUT2D eigenvalue weighted by molar-refractivity contribution is 8.00. The molecule has 0 spiro atoms. The van der Waals surface area contributed by atoms with Crippen LogP contribution in [0, 0.1) is 0 Å². The number of thioether (sulfide) groups is 1. The second-order valence-corrected chi connectivity index (χ2v) is 5.89. The molecule has 1 saturated heterocycles. The average molecular weight is 300 g/mol. The van der Waals surface area contributed by atoms with Gasteiger partial charge in [-0.2, -0.15) is 0 Å². The number of rotatable bonds is 3. The maximum atomic E-state index is 12.0. The molecule has 1 amide bonds. The number of benzene rings is 1. The highest BCUT2D eigenvalue weighted by Gasteiger charge is 2.23. The van der Waals surface area contributed by atoms with Crippen LogP contribution in [0.1, 0.15) is 18.4 Å². The summed E-state index contributed by atoms with van der Waals surface area (Å²) in [6.45, 7) is 0. The number of oxime groups is 1. The molecule has 7 heteroatoms. The number of amidine groups is 1. The van der Waals surface area contributed by atoms with Gasteiger partial charge in [0.1, 0.15) is 0 Å². The number of amides is 1. The number of nitrogens with one attached hydrogen (secondary N) is 1. The van der Waals surface area contributed by atoms with Gasteiger partial charge in [0.2, 0.25) is 5.91 Å². The quantitative estimate of drug-likeness (QED) is 0.346. The zero-order chi connectivity index (χ0) is 13.8. The van der Waals surface area contributed by atoms with Gasteiger partial charge >= 0.3 is 0 Å². The van der Waals surface area contributed by atoms with Gasteiger partial charge in [-0.15, -0.1) is 11.8 Å². The van der Waals surface area contributed by atoms with Crippen molar-refractivity contribution >= 4 is 40.8 Å². The third kappa shape index (κ3) is 3.33. The minimum Gasteiger partial charge on any atom is -0.409 e. The van der Waals surface area contributed by atoms with E-state index in [1.54, 1.807) is 30.0 Å². The van der Waals surface area contributed by atoms with Gasteiger partial charge in [0.25, 0.3) is 0 Å². The first-order valence-electron chi connectivity index (χ1n) is 5.81. The molecule has 0 aliphatic carbocycles. The summed E-state index contributed by atoms with van der Waals surface area (Å²) in [7, 11) is 0. The molecule has 1 aromatic carbocycles. The fourth-order valence-electron chi connectivity index (χ4n) is 1.84. The Kier molecular flexibility index (Phi) is 4.55. The predicted molar refractivity (Wildman–Crippen MR) is 78.1 cm³/mol. The van der Waals surface area contributed by atoms with Gasteiger partial charge < -0.3 is 16.3 Å². The van der Waals surface area contributed by atoms with Crippen molar-refractivity contribution in [3.63, 3.8) is 0 Å². The Morgan fingerprint density at radius 2 is 2.37 bits per heavy atom. The lowest BCUT2D eigenvalue weighted by atomic mass is 10.1. The Hall–Kier alpha value is -1.40. The summed E-state index contributed by atoms with van der Waals surface area (Å²) < 4.78 is 0. The Morgan fingerprint density at radius 3 is 3.00 bits per heavy atom. The number of anilines is 1. The first-order valence-corrected chi connectivity index (χ1v) is 7.24. The number of halogens is 1. The van der Waals surface area contributed by atoms with Crippen molar-refractivity contribution < 1.29 is 10.0 Å². The number of carbonyl (C=O) groups is 1. The van der Waals surface area contributed by atoms with E-state index in [1.807, 2.05) is 0 Å². The fourth-order valence-corrected chi connectivity index (χ4v) is 3.16. The third-order valence-corrected chi connectivity index (χ3v) is 4.56. The molecule has 1 aromatic rings. The summed E-state index contributed by atoms with van der Waals surface area (Å²) in [4.78, 5) is 12.0. The van der Waals surface area contributed by atoms with Gasteiger partial charge in [-0.05, 0) is 36.8 Å². The lowest BCUT2D eigenvalue weighted by molar-refractivity contribution is -0.115. The molecule has 5 nitrogen and oxygen atoms in total. The van der Waals surface area contributed by atoms with Crippen LogP contribution in [0.4, 0.5) is 5.69 Å². The maximum Gasteiger partial charge on any atom is 0.237 e. The molecule has 1 aliphatic heterocycles. The number of nitrogens with two attached hydrogens (primary N) is 1. The molecule has 1 atom stereocenters. The summed E-state index contributed by atoms with van der Waals surface area (Å²) in [5, 5.41) is 14.7. The number of nitrogens with zero attached hydrogens (tertiary/aromatic N) is 1. The van der Waals surface area contributed by atoms with Crippen LogP contribution >= 0.6 is 23.4 Å². The molecule has 0 saturated carbocycles. The number of hydrogen-bond acceptors (Lipinski definition) is 4. The van der Waals surface area contributed by atoms with E-state index in [0.29, 0.717) is 16.3 Å². The molecule has 1 heterocycles. The summed E-state index contributed by atoms with van der Waals surface area (Å²) in [6.07, 6.45) is 1.94. The van der Waals surface area contributed by atoms with Crippen LogP contribution in [0.5, 0.6) is 0 Å². The van der Waals surface area contributed by atoms with E-state index in [0.717, 1.165) is 18.6 Å². The van der Waals surface area contributed by atoms with Gasteiger partial charge in [-0.25, -0.2) is 0 Å². The van der Waals surface area contributed by atoms with E-state index < -0.39 is 0 Å². The highest BCUT2D eigenvalue weighted by atomic mass is 35.5. The predicted octanol–water partition coefficient (Wildman–Crippen LogP) is 2.27. The minimum absolute atomic E-state index is 0.0245. The first kappa shape index (κ1) is 14.0. The van der Waals surface area contributed by atoms with Gasteiger partial charge in [0.05, 0.1) is 16.0 Å². The van der Waals surface area contributed by atoms with Crippen molar-refractivity contribution in [2.75, 3.05) is 11.1 Å². The van der Waals surface area contributed by atoms with E-state index in [2.05, 4.69) is 10.5 Å². The van der Waals surface area contributed by atoms with Crippen molar-refractivity contribution in [1.82, 2.24) is 0 Å². The van der Waals surface area contributed by atoms with Crippen molar-refractivity contribution in [3.05, 3.63) is 28.8 Å². The van der Waals surface area contributed by atoms with Crippen molar-refractivity contribution in [2.45, 2.75) is 18.1 Å². The van der Waals surface area contributed by atoms with E-state index in [4.69, 9.17) is 22.5 Å². The van der Waals surface area contributed by atoms with Crippen LogP contribution in [0.2, 0.25) is 5.02 Å². The van der Waals surface area contributed by atoms with Gasteiger partial charge in [-0.1, -0.05) is 16.8 Å². The lowest BCUT2D eigenvalue weighted by Gasteiger charge is -2.12. The lowest BCUT2D eigenvalue weighted by Crippen LogP contribution is -2.23. The molecule has 0 bridgehead atoms. The van der Waals surface area contributed by atoms with Crippen molar-refractivity contribution in [2.24, 2.45) is 10.9 Å². The van der Waals surface area contributed by atoms with Gasteiger partial charge in [-0.3, -0.25) is 4.79 Å². The second kappa shape index (κ2) is 6.16. The largest absolute Gasteiger partial charge is 0.409 e. The monoisotopic (exact) mass is 299 g/mol. The molecular weight excluding hydrogens is 286 g/mol. The molecule has 1 fully saturated rings. The molecule has 1 aliphatic rings. The highest BCUT2D eigenvalue weighted by Crippen LogP contribution is 2.29. The summed E-state index contributed by atoms with van der Waals surface area (Å²) >= 11 is 7.68. The van der Waals surface area contributed by atoms with Crippen LogP contribution in [-0.2, 0) is 4.79 Å². The summed E-state index contributed by atoms with van der Waals surface area (Å²) in [5.74, 6) is 0.930. The fraction of sp³-hybridized carbons (Fsp3) is 0.333. The Morgan fingerprint density at radius 1 is 1.58 bits per heavy atom. The topological polar surface area (TPSA) is 87.7 Å². The normalized spacial score (nSPS) is 19.4. The van der Waals surface area contributed by atoms with Crippen LogP contribution in [0.25, 0.3) is 0 Å². The smallest absolute Gasteiger partial charge is 0.237 e. The Bertz CT molecular complexity index is 516. The molecule has 4 N–H and O–H groups in total. The first-order chi connectivity index (χ1) is 9.11. The second-order valence-electron chi connectivity index (χ2n) is 4.17. The third-order valence-electron chi connectivity index (χ3n) is 2.85. The molecular formula is C12H14ClN3O2S. The van der Waals surface area contributed by atoms with E-state index >= 15 is 0 Å². The van der Waals surface area contributed by atoms with Gasteiger partial charge in [0.15, 0.2) is 5.84 Å². The number of carbonyl (C=O) groups excluding carboxylic acids is 1. The Labute approximate surface area is 120 Å². The van der Waals surface area contributed by atoms with E-state index in [9.17, 15) is 4.79 Å². The summed E-state index contributed by atoms with van der Waals surface area (Å²) in [5.41, 5.74) is 6.48. The van der Waals surface area contributed by atoms with Crippen LogP contribution in [0.3, 0.4) is 0 Å². The van der Waals surface area contributed by atoms with E-state index in [1.165, 1.54) is 0 Å². The van der Waals surface area contributed by atoms with Crippen molar-refractivity contribution in [1.29, 1.82) is 0 Å².